The topological polar surface area (TPSA) is 47.6 Å². The van der Waals surface area contributed by atoms with E-state index < -0.39 is 0 Å². The summed E-state index contributed by atoms with van der Waals surface area (Å²) < 4.78 is 11.3. The molecule has 0 aliphatic heterocycles. The average Bonchev–Trinajstić information content (AvgIpc) is 2.60. The van der Waals surface area contributed by atoms with E-state index in [2.05, 4.69) is 12.2 Å². The third-order valence-corrected chi connectivity index (χ3v) is 3.74. The normalized spacial score (nSPS) is 11.6. The Labute approximate surface area is 137 Å². The van der Waals surface area contributed by atoms with Crippen LogP contribution in [-0.4, -0.2) is 19.6 Å². The second-order valence-corrected chi connectivity index (χ2v) is 5.35. The third kappa shape index (κ3) is 5.02. The fourth-order valence-corrected chi connectivity index (χ4v) is 2.40. The first-order valence-corrected chi connectivity index (χ1v) is 7.80. The van der Waals surface area contributed by atoms with Crippen LogP contribution in [0.1, 0.15) is 24.5 Å². The summed E-state index contributed by atoms with van der Waals surface area (Å²) in [6.45, 7) is 2.54. The van der Waals surface area contributed by atoms with Gasteiger partial charge in [0.05, 0.1) is 7.11 Å². The molecule has 2 aromatic rings. The highest BCUT2D eigenvalue weighted by molar-refractivity contribution is 5.47. The molecule has 0 aliphatic rings. The molecule has 0 unspecified atom stereocenters. The Morgan fingerprint density at radius 2 is 1.87 bits per heavy atom. The van der Waals surface area contributed by atoms with Crippen LogP contribution in [0.5, 0.6) is 11.5 Å². The van der Waals surface area contributed by atoms with Gasteiger partial charge < -0.3 is 14.8 Å². The summed E-state index contributed by atoms with van der Waals surface area (Å²) in [6.07, 6.45) is 2.40. The molecular formula is C19H23NO3. The number of hydrogen-bond acceptors (Lipinski definition) is 3. The summed E-state index contributed by atoms with van der Waals surface area (Å²) in [6, 6.07) is 16.0. The molecule has 0 aromatic heterocycles. The van der Waals surface area contributed by atoms with Gasteiger partial charge in [-0.05, 0) is 36.1 Å². The van der Waals surface area contributed by atoms with Crippen molar-refractivity contribution in [2.45, 2.75) is 32.4 Å². The number of benzene rings is 2. The minimum absolute atomic E-state index is 0.128. The van der Waals surface area contributed by atoms with Gasteiger partial charge in [0.2, 0.25) is 6.41 Å². The van der Waals surface area contributed by atoms with Crippen LogP contribution in [0, 0.1) is 0 Å². The van der Waals surface area contributed by atoms with Crippen LogP contribution in [0.25, 0.3) is 0 Å². The lowest BCUT2D eigenvalue weighted by Gasteiger charge is -2.16. The number of hydrogen-bond donors (Lipinski definition) is 1. The molecule has 0 heterocycles. The van der Waals surface area contributed by atoms with E-state index in [9.17, 15) is 4.79 Å². The highest BCUT2D eigenvalue weighted by atomic mass is 16.5. The highest BCUT2D eigenvalue weighted by Crippen LogP contribution is 2.29. The van der Waals surface area contributed by atoms with Crippen LogP contribution in [0.15, 0.2) is 48.5 Å². The van der Waals surface area contributed by atoms with Gasteiger partial charge in [-0.3, -0.25) is 4.79 Å². The Morgan fingerprint density at radius 1 is 1.09 bits per heavy atom. The second kappa shape index (κ2) is 8.83. The molecule has 0 spiro atoms. The van der Waals surface area contributed by atoms with Crippen LogP contribution in [0.2, 0.25) is 0 Å². The number of amides is 1. The van der Waals surface area contributed by atoms with Crippen molar-refractivity contribution in [1.82, 2.24) is 5.32 Å². The van der Waals surface area contributed by atoms with Gasteiger partial charge in [-0.2, -0.15) is 0 Å². The molecule has 0 saturated heterocycles. The van der Waals surface area contributed by atoms with E-state index in [1.54, 1.807) is 7.11 Å². The zero-order chi connectivity index (χ0) is 16.5. The molecule has 2 aromatic carbocycles. The number of carbonyl (C=O) groups is 1. The van der Waals surface area contributed by atoms with Crippen LogP contribution < -0.4 is 14.8 Å². The van der Waals surface area contributed by atoms with Crippen LogP contribution in [-0.2, 0) is 17.8 Å². The fourth-order valence-electron chi connectivity index (χ4n) is 2.40. The van der Waals surface area contributed by atoms with Gasteiger partial charge >= 0.3 is 0 Å². The van der Waals surface area contributed by atoms with E-state index in [0.29, 0.717) is 12.4 Å². The molecular weight excluding hydrogens is 290 g/mol. The summed E-state index contributed by atoms with van der Waals surface area (Å²) in [5.41, 5.74) is 2.21. The molecule has 0 fully saturated rings. The van der Waals surface area contributed by atoms with Crippen LogP contribution >= 0.6 is 0 Å². The first-order valence-electron chi connectivity index (χ1n) is 7.80. The quantitative estimate of drug-likeness (QED) is 0.722. The number of nitrogens with one attached hydrogen (secondary N) is 1. The smallest absolute Gasteiger partial charge is 0.207 e. The lowest BCUT2D eigenvalue weighted by molar-refractivity contribution is -0.110. The van der Waals surface area contributed by atoms with Gasteiger partial charge in [0.25, 0.3) is 0 Å². The van der Waals surface area contributed by atoms with E-state index in [4.69, 9.17) is 9.47 Å². The molecule has 0 saturated carbocycles. The Hall–Kier alpha value is -2.49. The third-order valence-electron chi connectivity index (χ3n) is 3.74. The minimum atomic E-state index is 0.128. The van der Waals surface area contributed by atoms with Crippen molar-refractivity contribution in [3.05, 3.63) is 59.7 Å². The number of methoxy groups -OCH3 is 1. The fraction of sp³-hybridized carbons (Fsp3) is 0.316. The maximum atomic E-state index is 10.6. The lowest BCUT2D eigenvalue weighted by atomic mass is 10.0. The van der Waals surface area contributed by atoms with Gasteiger partial charge in [0, 0.05) is 6.04 Å². The first-order chi connectivity index (χ1) is 11.3. The Balaban J connectivity index is 2.10. The molecule has 23 heavy (non-hydrogen) atoms. The molecule has 0 bridgehead atoms. The van der Waals surface area contributed by atoms with Gasteiger partial charge in [-0.15, -0.1) is 0 Å². The number of carbonyl (C=O) groups excluding carboxylic acids is 1. The van der Waals surface area contributed by atoms with Crippen LogP contribution in [0.4, 0.5) is 0 Å². The van der Waals surface area contributed by atoms with Crippen molar-refractivity contribution in [2.75, 3.05) is 7.11 Å². The standard InChI is InChI=1S/C19H23NO3/c1-3-17(20-14-21)11-16-9-10-18(22-2)19(12-16)23-13-15-7-5-4-6-8-15/h4-10,12,14,17H,3,11,13H2,1-2H3,(H,20,21)/t17-/m1/s1. The van der Waals surface area contributed by atoms with E-state index in [0.717, 1.165) is 36.1 Å². The lowest BCUT2D eigenvalue weighted by Crippen LogP contribution is -2.29. The van der Waals surface area contributed by atoms with Crippen LogP contribution in [0.3, 0.4) is 0 Å². The molecule has 4 heteroatoms. The number of ether oxygens (including phenoxy) is 2. The summed E-state index contributed by atoms with van der Waals surface area (Å²) in [4.78, 5) is 10.6. The molecule has 2 rings (SSSR count). The highest BCUT2D eigenvalue weighted by Gasteiger charge is 2.10. The number of rotatable bonds is 9. The zero-order valence-corrected chi connectivity index (χ0v) is 13.6. The van der Waals surface area contributed by atoms with E-state index in [1.165, 1.54) is 0 Å². The maximum absolute atomic E-state index is 10.6. The Kier molecular flexibility index (Phi) is 6.48. The second-order valence-electron chi connectivity index (χ2n) is 5.35. The molecule has 122 valence electrons. The van der Waals surface area contributed by atoms with Gasteiger partial charge in [-0.1, -0.05) is 43.3 Å². The summed E-state index contributed by atoms with van der Waals surface area (Å²) in [5.74, 6) is 1.43. The van der Waals surface area contributed by atoms with Gasteiger partial charge in [0.15, 0.2) is 11.5 Å². The van der Waals surface area contributed by atoms with Gasteiger partial charge in [-0.25, -0.2) is 0 Å². The predicted molar refractivity (Wildman–Crippen MR) is 90.8 cm³/mol. The monoisotopic (exact) mass is 313 g/mol. The summed E-state index contributed by atoms with van der Waals surface area (Å²) >= 11 is 0. The van der Waals surface area contributed by atoms with Crippen molar-refractivity contribution in [3.8, 4) is 11.5 Å². The maximum Gasteiger partial charge on any atom is 0.207 e. The Bertz CT molecular complexity index is 613. The molecule has 0 radical (unpaired) electrons. The SMILES string of the molecule is CC[C@H](Cc1ccc(OC)c(OCc2ccccc2)c1)NC=O. The molecule has 0 aliphatic carbocycles. The van der Waals surface area contributed by atoms with Crippen molar-refractivity contribution in [3.63, 3.8) is 0 Å². The van der Waals surface area contributed by atoms with E-state index in [1.807, 2.05) is 48.5 Å². The predicted octanol–water partition coefficient (Wildman–Crippen LogP) is 3.34. The van der Waals surface area contributed by atoms with Crippen molar-refractivity contribution >= 4 is 6.41 Å². The van der Waals surface area contributed by atoms with Gasteiger partial charge in [0.1, 0.15) is 6.61 Å². The van der Waals surface area contributed by atoms with E-state index in [-0.39, 0.29) is 6.04 Å². The summed E-state index contributed by atoms with van der Waals surface area (Å²) in [7, 11) is 1.63. The van der Waals surface area contributed by atoms with Crippen molar-refractivity contribution in [1.29, 1.82) is 0 Å². The average molecular weight is 313 g/mol. The zero-order valence-electron chi connectivity index (χ0n) is 13.6. The molecule has 1 amide bonds. The largest absolute Gasteiger partial charge is 0.493 e. The summed E-state index contributed by atoms with van der Waals surface area (Å²) in [5, 5.41) is 2.83. The van der Waals surface area contributed by atoms with Crippen molar-refractivity contribution in [2.24, 2.45) is 0 Å². The molecule has 4 nitrogen and oxygen atoms in total. The minimum Gasteiger partial charge on any atom is -0.493 e. The van der Waals surface area contributed by atoms with E-state index >= 15 is 0 Å². The molecule has 1 atom stereocenters. The Morgan fingerprint density at radius 3 is 2.52 bits per heavy atom. The molecule has 1 N–H and O–H groups in total. The first kappa shape index (κ1) is 16.9. The van der Waals surface area contributed by atoms with Crippen molar-refractivity contribution < 1.29 is 14.3 Å².